The summed E-state index contributed by atoms with van der Waals surface area (Å²) in [5.41, 5.74) is 2.14. The molecule has 3 aromatic rings. The molecule has 2 aromatic heterocycles. The molecule has 0 saturated carbocycles. The minimum Gasteiger partial charge on any atom is -0.357 e. The fourth-order valence-electron chi connectivity index (χ4n) is 2.51. The van der Waals surface area contributed by atoms with Gasteiger partial charge in [0.2, 0.25) is 0 Å². The predicted octanol–water partition coefficient (Wildman–Crippen LogP) is 2.97. The normalized spacial score (nSPS) is 10.5. The molecule has 128 valence electrons. The van der Waals surface area contributed by atoms with E-state index in [9.17, 15) is 4.79 Å². The summed E-state index contributed by atoms with van der Waals surface area (Å²) < 4.78 is 0. The average Bonchev–Trinajstić information content (AvgIpc) is 3.18. The van der Waals surface area contributed by atoms with E-state index in [0.29, 0.717) is 17.1 Å². The van der Waals surface area contributed by atoms with Crippen molar-refractivity contribution in [1.82, 2.24) is 20.2 Å². The Morgan fingerprint density at radius 2 is 1.84 bits per heavy atom. The van der Waals surface area contributed by atoms with E-state index < -0.39 is 0 Å². The van der Waals surface area contributed by atoms with Crippen molar-refractivity contribution in [2.24, 2.45) is 0 Å². The van der Waals surface area contributed by atoms with Gasteiger partial charge in [-0.05, 0) is 50.2 Å². The lowest BCUT2D eigenvalue weighted by atomic mass is 10.2. The Hall–Kier alpha value is -3.22. The first kappa shape index (κ1) is 16.6. The summed E-state index contributed by atoms with van der Waals surface area (Å²) in [6, 6.07) is 11.1. The summed E-state index contributed by atoms with van der Waals surface area (Å²) in [6.07, 6.45) is 3.06. The van der Waals surface area contributed by atoms with Gasteiger partial charge in [-0.3, -0.25) is 9.89 Å². The Kier molecular flexibility index (Phi) is 5.03. The number of hydrogen-bond donors (Lipinski definition) is 2. The number of anilines is 2. The van der Waals surface area contributed by atoms with Crippen molar-refractivity contribution in [3.63, 3.8) is 0 Å². The second kappa shape index (κ2) is 7.57. The van der Waals surface area contributed by atoms with Gasteiger partial charge in [-0.25, -0.2) is 9.97 Å². The van der Waals surface area contributed by atoms with Gasteiger partial charge in [-0.2, -0.15) is 5.10 Å². The van der Waals surface area contributed by atoms with E-state index in [-0.39, 0.29) is 5.91 Å². The molecule has 0 radical (unpaired) electrons. The second-order valence-electron chi connectivity index (χ2n) is 5.44. The number of carbonyl (C=O) groups excluding carboxylic acids is 1. The highest BCUT2D eigenvalue weighted by Gasteiger charge is 2.09. The molecule has 1 aromatic carbocycles. The minimum absolute atomic E-state index is 0.189. The van der Waals surface area contributed by atoms with Crippen LogP contribution in [0, 0.1) is 0 Å². The van der Waals surface area contributed by atoms with Crippen molar-refractivity contribution in [2.45, 2.75) is 13.8 Å². The molecule has 0 unspecified atom stereocenters. The van der Waals surface area contributed by atoms with Gasteiger partial charge in [-0.1, -0.05) is 0 Å². The zero-order valence-electron chi connectivity index (χ0n) is 14.2. The summed E-state index contributed by atoms with van der Waals surface area (Å²) in [5.74, 6) is 1.37. The van der Waals surface area contributed by atoms with E-state index in [4.69, 9.17) is 0 Å². The number of carbonyl (C=O) groups is 1. The quantitative estimate of drug-likeness (QED) is 0.723. The standard InChI is InChI=1S/C18H20N6O/c1-3-24(4-2)16-10-7-14(11-19-16)18(25)22-15-8-5-13(6-9-15)17-20-12-21-23-17/h5-12H,3-4H2,1-2H3,(H,22,25)(H,20,21,23). The number of aromatic nitrogens is 4. The molecule has 0 spiro atoms. The smallest absolute Gasteiger partial charge is 0.257 e. The highest BCUT2D eigenvalue weighted by atomic mass is 16.1. The number of rotatable bonds is 6. The molecule has 0 bridgehead atoms. The van der Waals surface area contributed by atoms with Crippen LogP contribution in [0.1, 0.15) is 24.2 Å². The number of aromatic amines is 1. The maximum Gasteiger partial charge on any atom is 0.257 e. The molecule has 2 N–H and O–H groups in total. The summed E-state index contributed by atoms with van der Waals surface area (Å²) in [5, 5.41) is 9.50. The van der Waals surface area contributed by atoms with Crippen LogP contribution < -0.4 is 10.2 Å². The zero-order chi connectivity index (χ0) is 17.6. The molecule has 0 aliphatic carbocycles. The lowest BCUT2D eigenvalue weighted by Crippen LogP contribution is -2.23. The third-order valence-corrected chi connectivity index (χ3v) is 3.93. The summed E-state index contributed by atoms with van der Waals surface area (Å²) in [4.78, 5) is 23.0. The van der Waals surface area contributed by atoms with Gasteiger partial charge in [0, 0.05) is 30.5 Å². The summed E-state index contributed by atoms with van der Waals surface area (Å²) in [7, 11) is 0. The first-order valence-corrected chi connectivity index (χ1v) is 8.19. The monoisotopic (exact) mass is 336 g/mol. The topological polar surface area (TPSA) is 86.8 Å². The Labute approximate surface area is 146 Å². The molecular formula is C18H20N6O. The average molecular weight is 336 g/mol. The third-order valence-electron chi connectivity index (χ3n) is 3.93. The Morgan fingerprint density at radius 3 is 2.40 bits per heavy atom. The molecule has 0 aliphatic heterocycles. The van der Waals surface area contributed by atoms with Gasteiger partial charge < -0.3 is 10.2 Å². The Morgan fingerprint density at radius 1 is 1.08 bits per heavy atom. The van der Waals surface area contributed by atoms with Gasteiger partial charge in [-0.15, -0.1) is 0 Å². The first-order valence-electron chi connectivity index (χ1n) is 8.19. The number of pyridine rings is 1. The van der Waals surface area contributed by atoms with E-state index in [2.05, 4.69) is 44.2 Å². The SMILES string of the molecule is CCN(CC)c1ccc(C(=O)Nc2ccc(-c3ncn[nH]3)cc2)cn1. The highest BCUT2D eigenvalue weighted by molar-refractivity contribution is 6.04. The largest absolute Gasteiger partial charge is 0.357 e. The van der Waals surface area contributed by atoms with Gasteiger partial charge in [0.25, 0.3) is 5.91 Å². The fraction of sp³-hybridized carbons (Fsp3) is 0.222. The van der Waals surface area contributed by atoms with Crippen molar-refractivity contribution >= 4 is 17.4 Å². The number of hydrogen-bond acceptors (Lipinski definition) is 5. The number of nitrogens with one attached hydrogen (secondary N) is 2. The molecule has 1 amide bonds. The number of nitrogens with zero attached hydrogens (tertiary/aromatic N) is 4. The van der Waals surface area contributed by atoms with Crippen LogP contribution in [0.15, 0.2) is 48.9 Å². The fourth-order valence-corrected chi connectivity index (χ4v) is 2.51. The zero-order valence-corrected chi connectivity index (χ0v) is 14.2. The molecule has 0 saturated heterocycles. The molecule has 2 heterocycles. The van der Waals surface area contributed by atoms with Gasteiger partial charge in [0.05, 0.1) is 5.56 Å². The van der Waals surface area contributed by atoms with Crippen LogP contribution in [0.25, 0.3) is 11.4 Å². The molecular weight excluding hydrogens is 316 g/mol. The first-order chi connectivity index (χ1) is 12.2. The molecule has 7 heteroatoms. The summed E-state index contributed by atoms with van der Waals surface area (Å²) >= 11 is 0. The summed E-state index contributed by atoms with van der Waals surface area (Å²) in [6.45, 7) is 5.92. The van der Waals surface area contributed by atoms with Gasteiger partial charge in [0.15, 0.2) is 5.82 Å². The van der Waals surface area contributed by atoms with Crippen LogP contribution in [0.5, 0.6) is 0 Å². The Balaban J connectivity index is 1.67. The van der Waals surface area contributed by atoms with Crippen molar-refractivity contribution in [3.05, 3.63) is 54.5 Å². The van der Waals surface area contributed by atoms with Gasteiger partial charge >= 0.3 is 0 Å². The lowest BCUT2D eigenvalue weighted by molar-refractivity contribution is 0.102. The lowest BCUT2D eigenvalue weighted by Gasteiger charge is -2.19. The van der Waals surface area contributed by atoms with Crippen molar-refractivity contribution in [2.75, 3.05) is 23.3 Å². The maximum atomic E-state index is 12.4. The van der Waals surface area contributed by atoms with E-state index in [1.807, 2.05) is 30.3 Å². The molecule has 0 atom stereocenters. The molecule has 7 nitrogen and oxygen atoms in total. The minimum atomic E-state index is -0.189. The molecule has 0 aliphatic rings. The van der Waals surface area contributed by atoms with Crippen molar-refractivity contribution < 1.29 is 4.79 Å². The molecule has 3 rings (SSSR count). The number of amides is 1. The van der Waals surface area contributed by atoms with E-state index in [1.54, 1.807) is 12.3 Å². The van der Waals surface area contributed by atoms with Crippen LogP contribution in [0.3, 0.4) is 0 Å². The van der Waals surface area contributed by atoms with Crippen molar-refractivity contribution in [1.29, 1.82) is 0 Å². The van der Waals surface area contributed by atoms with Crippen LogP contribution in [0.4, 0.5) is 11.5 Å². The van der Waals surface area contributed by atoms with Crippen LogP contribution in [-0.2, 0) is 0 Å². The van der Waals surface area contributed by atoms with E-state index in [1.165, 1.54) is 6.33 Å². The third kappa shape index (κ3) is 3.82. The van der Waals surface area contributed by atoms with E-state index in [0.717, 1.165) is 24.5 Å². The van der Waals surface area contributed by atoms with Crippen LogP contribution in [0.2, 0.25) is 0 Å². The Bertz CT molecular complexity index is 808. The highest BCUT2D eigenvalue weighted by Crippen LogP contribution is 2.18. The second-order valence-corrected chi connectivity index (χ2v) is 5.44. The van der Waals surface area contributed by atoms with Crippen LogP contribution >= 0.6 is 0 Å². The van der Waals surface area contributed by atoms with Crippen LogP contribution in [-0.4, -0.2) is 39.2 Å². The molecule has 25 heavy (non-hydrogen) atoms. The van der Waals surface area contributed by atoms with Gasteiger partial charge in [0.1, 0.15) is 12.1 Å². The van der Waals surface area contributed by atoms with Crippen molar-refractivity contribution in [3.8, 4) is 11.4 Å². The molecule has 0 fully saturated rings. The maximum absolute atomic E-state index is 12.4. The predicted molar refractivity (Wildman–Crippen MR) is 97.6 cm³/mol. The van der Waals surface area contributed by atoms with E-state index >= 15 is 0 Å². The number of benzene rings is 1. The number of H-pyrrole nitrogens is 1.